The Bertz CT molecular complexity index is 356. The first-order valence-corrected chi connectivity index (χ1v) is 5.36. The maximum Gasteiger partial charge on any atom is 0.362 e. The highest BCUT2D eigenvalue weighted by Gasteiger charge is 2.38. The summed E-state index contributed by atoms with van der Waals surface area (Å²) in [6, 6.07) is 4.10. The zero-order valence-electron chi connectivity index (χ0n) is 7.18. The molecule has 0 fully saturated rings. The summed E-state index contributed by atoms with van der Waals surface area (Å²) >= 11 is 10.4. The predicted octanol–water partition coefficient (Wildman–Crippen LogP) is 4.14. The molecular weight excluding hydrogens is 270 g/mol. The molecule has 0 aromatic heterocycles. The lowest BCUT2D eigenvalue weighted by atomic mass is 10.3. The van der Waals surface area contributed by atoms with Gasteiger partial charge in [-0.3, -0.25) is 0 Å². The molecule has 7 heteroatoms. The normalized spacial score (nSPS) is 13.9. The summed E-state index contributed by atoms with van der Waals surface area (Å²) in [5, 5.41) is -3.72. The van der Waals surface area contributed by atoms with E-state index in [-0.39, 0.29) is 21.7 Å². The number of anilines is 1. The van der Waals surface area contributed by atoms with Gasteiger partial charge < -0.3 is 5.73 Å². The zero-order valence-corrected chi connectivity index (χ0v) is 9.51. The predicted molar refractivity (Wildman–Crippen MR) is 57.4 cm³/mol. The van der Waals surface area contributed by atoms with Crippen LogP contribution < -0.4 is 5.73 Å². The molecule has 0 saturated carbocycles. The summed E-state index contributed by atoms with van der Waals surface area (Å²) in [5.41, 5.74) is 3.17. The fraction of sp³-hybridized carbons (Fsp3) is 0.250. The molecule has 1 atom stereocenters. The second kappa shape index (κ2) is 4.72. The minimum absolute atomic E-state index is 0.185. The Morgan fingerprint density at radius 1 is 1.40 bits per heavy atom. The highest BCUT2D eigenvalue weighted by atomic mass is 35.5. The van der Waals surface area contributed by atoms with Crippen molar-refractivity contribution in [3.63, 3.8) is 0 Å². The Hall–Kier alpha value is -0.260. The Labute approximate surface area is 98.7 Å². The first kappa shape index (κ1) is 12.8. The standard InChI is InChI=1S/C8H6Cl2F3NS/c9-5-3-4(1-2-6(5)14)15-7(11)8(10,12)13/h1-3,7H,14H2. The van der Waals surface area contributed by atoms with Crippen LogP contribution in [0.5, 0.6) is 0 Å². The molecule has 84 valence electrons. The highest BCUT2D eigenvalue weighted by Crippen LogP contribution is 2.38. The lowest BCUT2D eigenvalue weighted by molar-refractivity contribution is 0.0486. The van der Waals surface area contributed by atoms with Gasteiger partial charge in [-0.15, -0.1) is 0 Å². The van der Waals surface area contributed by atoms with Gasteiger partial charge in [0.25, 0.3) is 0 Å². The molecule has 1 rings (SSSR count). The highest BCUT2D eigenvalue weighted by molar-refractivity contribution is 7.99. The Morgan fingerprint density at radius 3 is 2.47 bits per heavy atom. The maximum absolute atomic E-state index is 12.8. The summed E-state index contributed by atoms with van der Waals surface area (Å²) in [5.74, 6) is 0. The third kappa shape index (κ3) is 3.66. The van der Waals surface area contributed by atoms with Crippen LogP contribution in [0.25, 0.3) is 0 Å². The number of hydrogen-bond acceptors (Lipinski definition) is 2. The molecule has 0 spiro atoms. The third-order valence-corrected chi connectivity index (χ3v) is 3.15. The van der Waals surface area contributed by atoms with Gasteiger partial charge in [0.1, 0.15) is 0 Å². The first-order valence-electron chi connectivity index (χ1n) is 3.73. The van der Waals surface area contributed by atoms with E-state index in [1.807, 2.05) is 0 Å². The summed E-state index contributed by atoms with van der Waals surface area (Å²) in [6.07, 6.45) is 0. The lowest BCUT2D eigenvalue weighted by Crippen LogP contribution is -2.19. The van der Waals surface area contributed by atoms with Crippen LogP contribution in [0.4, 0.5) is 18.9 Å². The molecule has 2 N–H and O–H groups in total. The molecule has 0 aliphatic heterocycles. The second-order valence-electron chi connectivity index (χ2n) is 2.66. The van der Waals surface area contributed by atoms with E-state index < -0.39 is 10.9 Å². The van der Waals surface area contributed by atoms with E-state index >= 15 is 0 Å². The van der Waals surface area contributed by atoms with Crippen molar-refractivity contribution in [2.24, 2.45) is 0 Å². The van der Waals surface area contributed by atoms with Crippen LogP contribution in [0.2, 0.25) is 5.02 Å². The quantitative estimate of drug-likeness (QED) is 0.510. The van der Waals surface area contributed by atoms with Gasteiger partial charge in [-0.25, -0.2) is 4.39 Å². The van der Waals surface area contributed by atoms with Gasteiger partial charge in [-0.05, 0) is 29.8 Å². The van der Waals surface area contributed by atoms with E-state index in [0.717, 1.165) is 0 Å². The number of thioether (sulfide) groups is 1. The van der Waals surface area contributed by atoms with Crippen LogP contribution in [-0.2, 0) is 0 Å². The number of nitrogens with two attached hydrogens (primary N) is 1. The average molecular weight is 276 g/mol. The van der Waals surface area contributed by atoms with Crippen LogP contribution in [0.15, 0.2) is 23.1 Å². The number of hydrogen-bond donors (Lipinski definition) is 1. The summed E-state index contributed by atoms with van der Waals surface area (Å²) in [7, 11) is 0. The summed E-state index contributed by atoms with van der Waals surface area (Å²) in [4.78, 5) is 0.238. The number of halogens is 5. The monoisotopic (exact) mass is 275 g/mol. The third-order valence-electron chi connectivity index (χ3n) is 1.47. The second-order valence-corrected chi connectivity index (χ2v) is 4.69. The van der Waals surface area contributed by atoms with Gasteiger partial charge in [0.05, 0.1) is 10.7 Å². The van der Waals surface area contributed by atoms with E-state index in [9.17, 15) is 13.2 Å². The Balaban J connectivity index is 2.78. The minimum atomic E-state index is -3.90. The van der Waals surface area contributed by atoms with Crippen LogP contribution in [0.3, 0.4) is 0 Å². The molecule has 0 heterocycles. The first-order chi connectivity index (χ1) is 6.80. The SMILES string of the molecule is Nc1ccc(SC(F)C(F)(F)Cl)cc1Cl. The van der Waals surface area contributed by atoms with E-state index in [0.29, 0.717) is 5.69 Å². The number of nitrogen functional groups attached to an aromatic ring is 1. The van der Waals surface area contributed by atoms with Crippen LogP contribution in [-0.4, -0.2) is 10.9 Å². The molecule has 0 bridgehead atoms. The lowest BCUT2D eigenvalue weighted by Gasteiger charge is -2.13. The van der Waals surface area contributed by atoms with Crippen molar-refractivity contribution in [2.75, 3.05) is 5.73 Å². The van der Waals surface area contributed by atoms with E-state index in [2.05, 4.69) is 11.6 Å². The number of alkyl halides is 4. The van der Waals surface area contributed by atoms with Crippen molar-refractivity contribution >= 4 is 40.7 Å². The van der Waals surface area contributed by atoms with Gasteiger partial charge in [0.2, 0.25) is 5.50 Å². The Morgan fingerprint density at radius 2 is 2.00 bits per heavy atom. The van der Waals surface area contributed by atoms with Gasteiger partial charge in [0, 0.05) is 4.90 Å². The smallest absolute Gasteiger partial charge is 0.362 e. The van der Waals surface area contributed by atoms with Crippen LogP contribution in [0, 0.1) is 0 Å². The zero-order chi connectivity index (χ0) is 11.6. The average Bonchev–Trinajstić information content (AvgIpc) is 2.10. The molecule has 0 saturated heterocycles. The fourth-order valence-electron chi connectivity index (χ4n) is 0.767. The van der Waals surface area contributed by atoms with Crippen molar-refractivity contribution in [3.05, 3.63) is 23.2 Å². The van der Waals surface area contributed by atoms with Crippen LogP contribution >= 0.6 is 35.0 Å². The molecule has 1 nitrogen and oxygen atoms in total. The topological polar surface area (TPSA) is 26.0 Å². The molecule has 0 aliphatic carbocycles. The minimum Gasteiger partial charge on any atom is -0.398 e. The van der Waals surface area contributed by atoms with Crippen molar-refractivity contribution in [3.8, 4) is 0 Å². The van der Waals surface area contributed by atoms with E-state index in [4.69, 9.17) is 17.3 Å². The van der Waals surface area contributed by atoms with Gasteiger partial charge >= 0.3 is 5.38 Å². The number of rotatable bonds is 3. The molecular formula is C8H6Cl2F3NS. The molecule has 0 amide bonds. The maximum atomic E-state index is 12.8. The van der Waals surface area contributed by atoms with Crippen molar-refractivity contribution in [1.29, 1.82) is 0 Å². The summed E-state index contributed by atoms with van der Waals surface area (Å²) in [6.45, 7) is 0. The fourth-order valence-corrected chi connectivity index (χ4v) is 1.85. The van der Waals surface area contributed by atoms with Crippen LogP contribution in [0.1, 0.15) is 0 Å². The Kier molecular flexibility index (Phi) is 4.03. The molecule has 0 radical (unpaired) electrons. The molecule has 1 aromatic carbocycles. The molecule has 0 aliphatic rings. The van der Waals surface area contributed by atoms with Crippen molar-refractivity contribution < 1.29 is 13.2 Å². The van der Waals surface area contributed by atoms with Crippen molar-refractivity contribution in [2.45, 2.75) is 15.8 Å². The molecule has 1 aromatic rings. The molecule has 1 unspecified atom stereocenters. The number of benzene rings is 1. The molecule has 15 heavy (non-hydrogen) atoms. The van der Waals surface area contributed by atoms with Gasteiger partial charge in [0.15, 0.2) is 0 Å². The van der Waals surface area contributed by atoms with Gasteiger partial charge in [-0.1, -0.05) is 23.4 Å². The van der Waals surface area contributed by atoms with E-state index in [1.54, 1.807) is 0 Å². The largest absolute Gasteiger partial charge is 0.398 e. The van der Waals surface area contributed by atoms with Crippen molar-refractivity contribution in [1.82, 2.24) is 0 Å². The van der Waals surface area contributed by atoms with E-state index in [1.165, 1.54) is 18.2 Å². The van der Waals surface area contributed by atoms with Gasteiger partial charge in [-0.2, -0.15) is 8.78 Å². The summed E-state index contributed by atoms with van der Waals surface area (Å²) < 4.78 is 37.4.